The van der Waals surface area contributed by atoms with Gasteiger partial charge in [-0.1, -0.05) is 35.0 Å². The number of hydrogen-bond acceptors (Lipinski definition) is 3. The summed E-state index contributed by atoms with van der Waals surface area (Å²) in [5, 5.41) is 4.10. The highest BCUT2D eigenvalue weighted by Crippen LogP contribution is 2.36. The van der Waals surface area contributed by atoms with Gasteiger partial charge in [0.2, 0.25) is 0 Å². The van der Waals surface area contributed by atoms with Crippen molar-refractivity contribution in [3.63, 3.8) is 0 Å². The summed E-state index contributed by atoms with van der Waals surface area (Å²) in [6.07, 6.45) is -2.57. The van der Waals surface area contributed by atoms with Crippen molar-refractivity contribution >= 4 is 11.6 Å². The van der Waals surface area contributed by atoms with E-state index in [1.807, 2.05) is 19.1 Å². The molecule has 2 aliphatic rings. The van der Waals surface area contributed by atoms with Crippen molar-refractivity contribution < 1.29 is 22.8 Å². The first-order valence-electron chi connectivity index (χ1n) is 9.54. The molecule has 152 valence electrons. The summed E-state index contributed by atoms with van der Waals surface area (Å²) in [4.78, 5) is 20.3. The summed E-state index contributed by atoms with van der Waals surface area (Å²) < 4.78 is 39.0. The van der Waals surface area contributed by atoms with Gasteiger partial charge in [-0.15, -0.1) is 0 Å². The summed E-state index contributed by atoms with van der Waals surface area (Å²) in [7, 11) is 0. The van der Waals surface area contributed by atoms with Gasteiger partial charge >= 0.3 is 6.18 Å². The molecule has 1 spiro atoms. The zero-order chi connectivity index (χ0) is 20.6. The molecule has 2 heterocycles. The molecule has 4 rings (SSSR count). The summed E-state index contributed by atoms with van der Waals surface area (Å²) in [6.45, 7) is 2.95. The van der Waals surface area contributed by atoms with Crippen LogP contribution in [0.2, 0.25) is 0 Å². The zero-order valence-electron chi connectivity index (χ0n) is 16.0. The molecule has 2 aromatic rings. The number of alkyl halides is 3. The van der Waals surface area contributed by atoms with Gasteiger partial charge in [-0.05, 0) is 44.0 Å². The van der Waals surface area contributed by atoms with Crippen LogP contribution in [-0.4, -0.2) is 35.2 Å². The second-order valence-corrected chi connectivity index (χ2v) is 7.76. The van der Waals surface area contributed by atoms with Gasteiger partial charge in [-0.2, -0.15) is 13.2 Å². The van der Waals surface area contributed by atoms with Crippen molar-refractivity contribution in [3.05, 3.63) is 70.8 Å². The van der Waals surface area contributed by atoms with E-state index in [1.54, 1.807) is 23.1 Å². The van der Waals surface area contributed by atoms with Crippen LogP contribution >= 0.6 is 0 Å². The van der Waals surface area contributed by atoms with Gasteiger partial charge in [0.25, 0.3) is 5.91 Å². The number of halogens is 3. The fourth-order valence-electron chi connectivity index (χ4n) is 3.92. The number of amides is 1. The minimum atomic E-state index is -4.41. The largest absolute Gasteiger partial charge is 0.416 e. The summed E-state index contributed by atoms with van der Waals surface area (Å²) in [5.74, 6) is -0.0693. The van der Waals surface area contributed by atoms with Crippen LogP contribution in [0.1, 0.15) is 46.3 Å². The molecule has 1 unspecified atom stereocenters. The summed E-state index contributed by atoms with van der Waals surface area (Å²) in [6, 6.07) is 12.5. The molecule has 29 heavy (non-hydrogen) atoms. The summed E-state index contributed by atoms with van der Waals surface area (Å²) >= 11 is 0. The third-order valence-electron chi connectivity index (χ3n) is 5.49. The minimum Gasteiger partial charge on any atom is -0.387 e. The number of rotatable bonds is 2. The lowest BCUT2D eigenvalue weighted by atomic mass is 9.86. The van der Waals surface area contributed by atoms with Crippen molar-refractivity contribution in [2.75, 3.05) is 13.1 Å². The molecule has 1 fully saturated rings. The Hall–Kier alpha value is -2.83. The molecule has 1 atom stereocenters. The first kappa shape index (κ1) is 19.5. The second-order valence-electron chi connectivity index (χ2n) is 7.76. The quantitative estimate of drug-likeness (QED) is 0.723. The van der Waals surface area contributed by atoms with E-state index >= 15 is 0 Å². The van der Waals surface area contributed by atoms with Crippen LogP contribution in [0.3, 0.4) is 0 Å². The Morgan fingerprint density at radius 2 is 1.93 bits per heavy atom. The highest BCUT2D eigenvalue weighted by molar-refractivity contribution is 6.02. The Bertz CT molecular complexity index is 953. The fraction of sp³-hybridized carbons (Fsp3) is 0.364. The van der Waals surface area contributed by atoms with E-state index in [0.29, 0.717) is 42.8 Å². The summed E-state index contributed by atoms with van der Waals surface area (Å²) in [5.41, 5.74) is 1.19. The fourth-order valence-corrected chi connectivity index (χ4v) is 3.92. The lowest BCUT2D eigenvalue weighted by Crippen LogP contribution is -2.50. The van der Waals surface area contributed by atoms with E-state index < -0.39 is 17.3 Å². The van der Waals surface area contributed by atoms with Crippen LogP contribution in [0, 0.1) is 6.92 Å². The number of benzene rings is 2. The maximum Gasteiger partial charge on any atom is 0.416 e. The molecule has 0 N–H and O–H groups in total. The van der Waals surface area contributed by atoms with Gasteiger partial charge in [0.1, 0.15) is 0 Å². The molecule has 0 bridgehead atoms. The third kappa shape index (κ3) is 3.99. The molecule has 1 amide bonds. The standard InChI is InChI=1S/C22H21F3N2O2/c1-15-6-8-16(9-7-15)20(28)27-11-3-10-21(14-27)13-19(26-29-21)17-4-2-5-18(12-17)22(23,24)25/h2,4-9,12H,3,10-11,13-14H2,1H3. The number of oxime groups is 1. The molecule has 0 aromatic heterocycles. The van der Waals surface area contributed by atoms with Crippen molar-refractivity contribution in [3.8, 4) is 0 Å². The normalized spacial score (nSPS) is 21.8. The van der Waals surface area contributed by atoms with Crippen LogP contribution in [-0.2, 0) is 11.0 Å². The van der Waals surface area contributed by atoms with Crippen LogP contribution in [0.15, 0.2) is 53.7 Å². The molecule has 2 aliphatic heterocycles. The number of carbonyl (C=O) groups excluding carboxylic acids is 1. The number of carbonyl (C=O) groups is 1. The van der Waals surface area contributed by atoms with Crippen molar-refractivity contribution in [1.82, 2.24) is 4.90 Å². The van der Waals surface area contributed by atoms with Crippen molar-refractivity contribution in [2.24, 2.45) is 5.16 Å². The molecule has 4 nitrogen and oxygen atoms in total. The highest BCUT2D eigenvalue weighted by atomic mass is 19.4. The average molecular weight is 402 g/mol. The molecule has 0 aliphatic carbocycles. The SMILES string of the molecule is Cc1ccc(C(=O)N2CCCC3(CC(c4cccc(C(F)(F)F)c4)=NO3)C2)cc1. The van der Waals surface area contributed by atoms with Gasteiger partial charge in [0.05, 0.1) is 17.8 Å². The number of hydrogen-bond donors (Lipinski definition) is 0. The number of piperidine rings is 1. The maximum atomic E-state index is 13.0. The second kappa shape index (κ2) is 7.21. The van der Waals surface area contributed by atoms with E-state index in [-0.39, 0.29) is 5.91 Å². The maximum absolute atomic E-state index is 13.0. The average Bonchev–Trinajstić information content (AvgIpc) is 3.10. The first-order valence-corrected chi connectivity index (χ1v) is 9.54. The Labute approximate surface area is 167 Å². The first-order chi connectivity index (χ1) is 13.8. The Kier molecular flexibility index (Phi) is 4.84. The zero-order valence-corrected chi connectivity index (χ0v) is 16.0. The van der Waals surface area contributed by atoms with Gasteiger partial charge < -0.3 is 9.74 Å². The monoisotopic (exact) mass is 402 g/mol. The number of nitrogens with zero attached hydrogens (tertiary/aromatic N) is 2. The van der Waals surface area contributed by atoms with E-state index in [9.17, 15) is 18.0 Å². The smallest absolute Gasteiger partial charge is 0.387 e. The van der Waals surface area contributed by atoms with Gasteiger partial charge in [0.15, 0.2) is 5.60 Å². The predicted molar refractivity (Wildman–Crippen MR) is 103 cm³/mol. The van der Waals surface area contributed by atoms with E-state index in [2.05, 4.69) is 5.16 Å². The highest BCUT2D eigenvalue weighted by Gasteiger charge is 2.44. The molecular formula is C22H21F3N2O2. The van der Waals surface area contributed by atoms with Gasteiger partial charge in [0, 0.05) is 24.1 Å². The van der Waals surface area contributed by atoms with Gasteiger partial charge in [-0.25, -0.2) is 0 Å². The molecule has 2 aromatic carbocycles. The predicted octanol–water partition coefficient (Wildman–Crippen LogP) is 4.81. The lowest BCUT2D eigenvalue weighted by Gasteiger charge is -2.38. The topological polar surface area (TPSA) is 41.9 Å². The Morgan fingerprint density at radius 3 is 2.66 bits per heavy atom. The Balaban J connectivity index is 1.49. The van der Waals surface area contributed by atoms with Gasteiger partial charge in [-0.3, -0.25) is 4.79 Å². The molecule has 0 radical (unpaired) electrons. The van der Waals surface area contributed by atoms with Crippen LogP contribution in [0.25, 0.3) is 0 Å². The third-order valence-corrected chi connectivity index (χ3v) is 5.49. The van der Waals surface area contributed by atoms with Crippen LogP contribution in [0.5, 0.6) is 0 Å². The van der Waals surface area contributed by atoms with Crippen LogP contribution in [0.4, 0.5) is 13.2 Å². The molecule has 7 heteroatoms. The van der Waals surface area contributed by atoms with Crippen molar-refractivity contribution in [2.45, 2.75) is 38.0 Å². The molecule has 0 saturated carbocycles. The molecular weight excluding hydrogens is 381 g/mol. The van der Waals surface area contributed by atoms with E-state index in [4.69, 9.17) is 4.84 Å². The van der Waals surface area contributed by atoms with E-state index in [1.165, 1.54) is 6.07 Å². The minimum absolute atomic E-state index is 0.0693. The molecule has 1 saturated heterocycles. The van der Waals surface area contributed by atoms with Crippen molar-refractivity contribution in [1.29, 1.82) is 0 Å². The number of likely N-dealkylation sites (tertiary alicyclic amines) is 1. The number of aryl methyl sites for hydroxylation is 1. The van der Waals surface area contributed by atoms with Crippen LogP contribution < -0.4 is 0 Å². The lowest BCUT2D eigenvalue weighted by molar-refractivity contribution is -0.137. The van der Waals surface area contributed by atoms with E-state index in [0.717, 1.165) is 24.1 Å². The Morgan fingerprint density at radius 1 is 1.17 bits per heavy atom.